The smallest absolute Gasteiger partial charge is 0.236 e. The molecule has 0 radical (unpaired) electrons. The van der Waals surface area contributed by atoms with E-state index >= 15 is 0 Å². The molecule has 0 bridgehead atoms. The van der Waals surface area contributed by atoms with Gasteiger partial charge in [0, 0.05) is 45.0 Å². The van der Waals surface area contributed by atoms with Crippen LogP contribution in [-0.2, 0) is 4.79 Å². The van der Waals surface area contributed by atoms with Crippen LogP contribution in [0, 0.1) is 5.82 Å². The van der Waals surface area contributed by atoms with Gasteiger partial charge in [0.05, 0.1) is 13.2 Å². The molecule has 5 nitrogen and oxygen atoms in total. The number of piperazine rings is 1. The highest BCUT2D eigenvalue weighted by atomic mass is 19.1. The minimum atomic E-state index is -0.242. The van der Waals surface area contributed by atoms with Crippen LogP contribution >= 0.6 is 0 Å². The van der Waals surface area contributed by atoms with Crippen molar-refractivity contribution < 1.29 is 14.3 Å². The zero-order valence-electron chi connectivity index (χ0n) is 13.3. The molecule has 1 fully saturated rings. The van der Waals surface area contributed by atoms with Crippen molar-refractivity contribution >= 4 is 11.6 Å². The molecule has 1 saturated heterocycles. The molecule has 0 aliphatic carbocycles. The first kappa shape index (κ1) is 17.4. The maximum Gasteiger partial charge on any atom is 0.236 e. The van der Waals surface area contributed by atoms with Crippen LogP contribution in [0.1, 0.15) is 0 Å². The standard InChI is InChI=1S/C17H24FN3O2/c1-2-7-19(12-13-22)14-17(23)21-10-8-20(9-11-21)16-5-3-15(18)4-6-16/h2-6,22H,1,7-14H2. The Kier molecular flexibility index (Phi) is 6.55. The zero-order chi connectivity index (χ0) is 16.7. The summed E-state index contributed by atoms with van der Waals surface area (Å²) in [5.74, 6) is -0.173. The predicted molar refractivity (Wildman–Crippen MR) is 88.9 cm³/mol. The van der Waals surface area contributed by atoms with Gasteiger partial charge in [-0.3, -0.25) is 9.69 Å². The molecular formula is C17H24FN3O2. The van der Waals surface area contributed by atoms with E-state index in [2.05, 4.69) is 11.5 Å². The van der Waals surface area contributed by atoms with E-state index in [1.807, 2.05) is 9.80 Å². The van der Waals surface area contributed by atoms with Crippen molar-refractivity contribution in [2.24, 2.45) is 0 Å². The van der Waals surface area contributed by atoms with Crippen molar-refractivity contribution in [2.45, 2.75) is 0 Å². The fourth-order valence-electron chi connectivity index (χ4n) is 2.72. The molecule has 1 aromatic carbocycles. The molecule has 0 aromatic heterocycles. The van der Waals surface area contributed by atoms with Gasteiger partial charge in [0.2, 0.25) is 5.91 Å². The Bertz CT molecular complexity index is 513. The molecule has 1 aromatic rings. The summed E-state index contributed by atoms with van der Waals surface area (Å²) in [4.78, 5) is 18.2. The summed E-state index contributed by atoms with van der Waals surface area (Å²) in [6, 6.07) is 6.43. The summed E-state index contributed by atoms with van der Waals surface area (Å²) in [7, 11) is 0. The van der Waals surface area contributed by atoms with Crippen molar-refractivity contribution in [3.63, 3.8) is 0 Å². The van der Waals surface area contributed by atoms with Crippen LogP contribution < -0.4 is 4.90 Å². The summed E-state index contributed by atoms with van der Waals surface area (Å²) < 4.78 is 13.0. The number of amides is 1. The van der Waals surface area contributed by atoms with Crippen molar-refractivity contribution in [1.82, 2.24) is 9.80 Å². The maximum atomic E-state index is 13.0. The minimum absolute atomic E-state index is 0.0272. The van der Waals surface area contributed by atoms with Crippen molar-refractivity contribution in [2.75, 3.05) is 57.3 Å². The Labute approximate surface area is 136 Å². The van der Waals surface area contributed by atoms with Crippen LogP contribution in [0.2, 0.25) is 0 Å². The molecule has 1 aliphatic heterocycles. The van der Waals surface area contributed by atoms with Gasteiger partial charge in [-0.15, -0.1) is 6.58 Å². The van der Waals surface area contributed by atoms with E-state index in [1.165, 1.54) is 12.1 Å². The fourth-order valence-corrected chi connectivity index (χ4v) is 2.72. The van der Waals surface area contributed by atoms with E-state index in [1.54, 1.807) is 18.2 Å². The van der Waals surface area contributed by atoms with Gasteiger partial charge < -0.3 is 14.9 Å². The van der Waals surface area contributed by atoms with Crippen LogP contribution in [0.15, 0.2) is 36.9 Å². The van der Waals surface area contributed by atoms with E-state index in [0.29, 0.717) is 32.7 Å². The molecule has 0 unspecified atom stereocenters. The SMILES string of the molecule is C=CCN(CCO)CC(=O)N1CCN(c2ccc(F)cc2)CC1. The fraction of sp³-hybridized carbons (Fsp3) is 0.471. The number of carbonyl (C=O) groups excluding carboxylic acids is 1. The van der Waals surface area contributed by atoms with Gasteiger partial charge in [-0.25, -0.2) is 4.39 Å². The molecule has 1 amide bonds. The number of aliphatic hydroxyl groups is 1. The first-order valence-electron chi connectivity index (χ1n) is 7.86. The summed E-state index contributed by atoms with van der Waals surface area (Å²) in [6.07, 6.45) is 1.73. The second-order valence-corrected chi connectivity index (χ2v) is 5.59. The number of rotatable bonds is 7. The molecule has 1 heterocycles. The number of anilines is 1. The van der Waals surface area contributed by atoms with Gasteiger partial charge in [-0.05, 0) is 24.3 Å². The van der Waals surface area contributed by atoms with Gasteiger partial charge in [-0.2, -0.15) is 0 Å². The number of nitrogens with zero attached hydrogens (tertiary/aromatic N) is 3. The summed E-state index contributed by atoms with van der Waals surface area (Å²) in [6.45, 7) is 7.81. The van der Waals surface area contributed by atoms with E-state index in [0.717, 1.165) is 18.8 Å². The third kappa shape index (κ3) is 5.04. The minimum Gasteiger partial charge on any atom is -0.395 e. The Hall–Kier alpha value is -1.92. The molecule has 1 aliphatic rings. The highest BCUT2D eigenvalue weighted by Crippen LogP contribution is 2.17. The van der Waals surface area contributed by atoms with Crippen molar-refractivity contribution in [3.8, 4) is 0 Å². The normalized spacial score (nSPS) is 15.1. The van der Waals surface area contributed by atoms with Crippen LogP contribution in [0.5, 0.6) is 0 Å². The van der Waals surface area contributed by atoms with E-state index in [9.17, 15) is 9.18 Å². The number of benzene rings is 1. The molecule has 1 N–H and O–H groups in total. The quantitative estimate of drug-likeness (QED) is 0.760. The molecule has 126 valence electrons. The molecular weight excluding hydrogens is 297 g/mol. The predicted octanol–water partition coefficient (Wildman–Crippen LogP) is 0.955. The van der Waals surface area contributed by atoms with Crippen LogP contribution in [0.4, 0.5) is 10.1 Å². The van der Waals surface area contributed by atoms with Crippen LogP contribution in [-0.4, -0.2) is 73.2 Å². The molecule has 2 rings (SSSR count). The highest BCUT2D eigenvalue weighted by Gasteiger charge is 2.22. The number of hydrogen-bond acceptors (Lipinski definition) is 4. The Balaban J connectivity index is 1.84. The van der Waals surface area contributed by atoms with Gasteiger partial charge in [0.1, 0.15) is 5.82 Å². The third-order valence-electron chi connectivity index (χ3n) is 3.99. The Morgan fingerprint density at radius 1 is 1.26 bits per heavy atom. The first-order valence-corrected chi connectivity index (χ1v) is 7.86. The largest absolute Gasteiger partial charge is 0.395 e. The number of halogens is 1. The molecule has 0 spiro atoms. The van der Waals surface area contributed by atoms with Gasteiger partial charge in [0.15, 0.2) is 0 Å². The highest BCUT2D eigenvalue weighted by molar-refractivity contribution is 5.78. The van der Waals surface area contributed by atoms with E-state index in [-0.39, 0.29) is 18.3 Å². The average molecular weight is 321 g/mol. The van der Waals surface area contributed by atoms with E-state index in [4.69, 9.17) is 5.11 Å². The Morgan fingerprint density at radius 3 is 2.48 bits per heavy atom. The molecule has 6 heteroatoms. The lowest BCUT2D eigenvalue weighted by Gasteiger charge is -2.37. The van der Waals surface area contributed by atoms with Gasteiger partial charge in [0.25, 0.3) is 0 Å². The van der Waals surface area contributed by atoms with Crippen molar-refractivity contribution in [1.29, 1.82) is 0 Å². The summed E-state index contributed by atoms with van der Waals surface area (Å²) in [5.41, 5.74) is 0.979. The van der Waals surface area contributed by atoms with Gasteiger partial charge >= 0.3 is 0 Å². The maximum absolute atomic E-state index is 13.0. The monoisotopic (exact) mass is 321 g/mol. The van der Waals surface area contributed by atoms with E-state index < -0.39 is 0 Å². The first-order chi connectivity index (χ1) is 11.1. The third-order valence-corrected chi connectivity index (χ3v) is 3.99. The van der Waals surface area contributed by atoms with Crippen LogP contribution in [0.25, 0.3) is 0 Å². The summed E-state index contributed by atoms with van der Waals surface area (Å²) >= 11 is 0. The molecule has 0 atom stereocenters. The van der Waals surface area contributed by atoms with Crippen LogP contribution in [0.3, 0.4) is 0 Å². The molecule has 23 heavy (non-hydrogen) atoms. The van der Waals surface area contributed by atoms with Crippen molar-refractivity contribution in [3.05, 3.63) is 42.7 Å². The number of aliphatic hydroxyl groups excluding tert-OH is 1. The topological polar surface area (TPSA) is 47.0 Å². The summed E-state index contributed by atoms with van der Waals surface area (Å²) in [5, 5.41) is 9.03. The average Bonchev–Trinajstić information content (AvgIpc) is 2.56. The second-order valence-electron chi connectivity index (χ2n) is 5.59. The zero-order valence-corrected chi connectivity index (χ0v) is 13.3. The van der Waals surface area contributed by atoms with Gasteiger partial charge in [-0.1, -0.05) is 6.08 Å². The number of hydrogen-bond donors (Lipinski definition) is 1. The number of carbonyl (C=O) groups is 1. The Morgan fingerprint density at radius 2 is 1.91 bits per heavy atom. The lowest BCUT2D eigenvalue weighted by Crippen LogP contribution is -2.51. The lowest BCUT2D eigenvalue weighted by atomic mass is 10.2. The second kappa shape index (κ2) is 8.64. The molecule has 0 saturated carbocycles. The lowest BCUT2D eigenvalue weighted by molar-refractivity contribution is -0.132.